The standard InChI is InChI=1S/C17H21N3O2/c21-13-16-9-11-20-15(8-10-18-20)12-19(16)17(22)7-6-14-4-2-1-3-5-14/h1-5,8,10,16,21H,6-7,9,11-13H2/t16-/m0/s1. The summed E-state index contributed by atoms with van der Waals surface area (Å²) in [5.41, 5.74) is 2.19. The van der Waals surface area contributed by atoms with Crippen molar-refractivity contribution in [2.24, 2.45) is 0 Å². The number of hydrogen-bond donors (Lipinski definition) is 1. The number of carbonyl (C=O) groups excluding carboxylic acids is 1. The van der Waals surface area contributed by atoms with Crippen molar-refractivity contribution in [1.29, 1.82) is 0 Å². The fourth-order valence-corrected chi connectivity index (χ4v) is 2.95. The third-order valence-electron chi connectivity index (χ3n) is 4.25. The normalized spacial score (nSPS) is 17.9. The quantitative estimate of drug-likeness (QED) is 0.933. The number of benzene rings is 1. The predicted octanol–water partition coefficient (Wildman–Crippen LogP) is 1.61. The van der Waals surface area contributed by atoms with E-state index in [1.54, 1.807) is 6.20 Å². The fraction of sp³-hybridized carbons (Fsp3) is 0.412. The van der Waals surface area contributed by atoms with Crippen LogP contribution in [0.3, 0.4) is 0 Å². The highest BCUT2D eigenvalue weighted by Gasteiger charge is 2.27. The van der Waals surface area contributed by atoms with E-state index in [1.165, 1.54) is 0 Å². The summed E-state index contributed by atoms with van der Waals surface area (Å²) < 4.78 is 1.92. The third kappa shape index (κ3) is 3.20. The number of aryl methyl sites for hydroxylation is 2. The molecule has 116 valence electrons. The van der Waals surface area contributed by atoms with E-state index in [0.717, 1.165) is 30.6 Å². The van der Waals surface area contributed by atoms with Crippen LogP contribution in [0.1, 0.15) is 24.1 Å². The largest absolute Gasteiger partial charge is 0.394 e. The molecule has 1 atom stereocenters. The number of carbonyl (C=O) groups is 1. The minimum atomic E-state index is -0.120. The van der Waals surface area contributed by atoms with Gasteiger partial charge in [-0.2, -0.15) is 5.10 Å². The van der Waals surface area contributed by atoms with Gasteiger partial charge in [-0.05, 0) is 24.5 Å². The Labute approximate surface area is 130 Å². The topological polar surface area (TPSA) is 58.4 Å². The molecular formula is C17H21N3O2. The molecule has 5 nitrogen and oxygen atoms in total. The van der Waals surface area contributed by atoms with Crippen molar-refractivity contribution in [3.63, 3.8) is 0 Å². The summed E-state index contributed by atoms with van der Waals surface area (Å²) in [6, 6.07) is 11.8. The Bertz CT molecular complexity index is 624. The van der Waals surface area contributed by atoms with Crippen molar-refractivity contribution < 1.29 is 9.90 Å². The smallest absolute Gasteiger partial charge is 0.223 e. The molecule has 0 saturated carbocycles. The maximum atomic E-state index is 12.6. The highest BCUT2D eigenvalue weighted by molar-refractivity contribution is 5.76. The van der Waals surface area contributed by atoms with Crippen molar-refractivity contribution in [1.82, 2.24) is 14.7 Å². The van der Waals surface area contributed by atoms with E-state index in [-0.39, 0.29) is 18.6 Å². The van der Waals surface area contributed by atoms with E-state index in [1.807, 2.05) is 46.0 Å². The van der Waals surface area contributed by atoms with Gasteiger partial charge in [0, 0.05) is 19.2 Å². The molecule has 0 spiro atoms. The molecule has 0 unspecified atom stereocenters. The number of aliphatic hydroxyl groups is 1. The molecule has 0 saturated heterocycles. The molecular weight excluding hydrogens is 278 g/mol. The van der Waals surface area contributed by atoms with Gasteiger partial charge in [0.2, 0.25) is 5.91 Å². The van der Waals surface area contributed by atoms with Gasteiger partial charge in [0.25, 0.3) is 0 Å². The van der Waals surface area contributed by atoms with Crippen LogP contribution in [0.15, 0.2) is 42.6 Å². The van der Waals surface area contributed by atoms with E-state index in [4.69, 9.17) is 0 Å². The number of hydrogen-bond acceptors (Lipinski definition) is 3. The number of rotatable bonds is 4. The number of aromatic nitrogens is 2. The van der Waals surface area contributed by atoms with Crippen molar-refractivity contribution >= 4 is 5.91 Å². The van der Waals surface area contributed by atoms with Crippen LogP contribution in [-0.2, 0) is 24.3 Å². The zero-order valence-corrected chi connectivity index (χ0v) is 12.6. The second-order valence-electron chi connectivity index (χ2n) is 5.68. The summed E-state index contributed by atoms with van der Waals surface area (Å²) in [4.78, 5) is 14.4. The summed E-state index contributed by atoms with van der Waals surface area (Å²) in [6.07, 6.45) is 3.70. The summed E-state index contributed by atoms with van der Waals surface area (Å²) in [5.74, 6) is 0.0950. The molecule has 0 fully saturated rings. The molecule has 1 aliphatic heterocycles. The first-order chi connectivity index (χ1) is 10.8. The number of nitrogens with zero attached hydrogens (tertiary/aromatic N) is 3. The van der Waals surface area contributed by atoms with Crippen LogP contribution in [0.2, 0.25) is 0 Å². The van der Waals surface area contributed by atoms with E-state index in [9.17, 15) is 9.90 Å². The lowest BCUT2D eigenvalue weighted by Gasteiger charge is -2.28. The Morgan fingerprint density at radius 3 is 2.86 bits per heavy atom. The maximum Gasteiger partial charge on any atom is 0.223 e. The molecule has 1 aromatic carbocycles. The van der Waals surface area contributed by atoms with Gasteiger partial charge in [-0.3, -0.25) is 9.48 Å². The number of fused-ring (bicyclic) bond motifs is 1. The Balaban J connectivity index is 1.69. The Kier molecular flexibility index (Phi) is 4.53. The number of amides is 1. The fourth-order valence-electron chi connectivity index (χ4n) is 2.95. The maximum absolute atomic E-state index is 12.6. The van der Waals surface area contributed by atoms with Gasteiger partial charge in [-0.1, -0.05) is 30.3 Å². The first kappa shape index (κ1) is 14.8. The Morgan fingerprint density at radius 1 is 1.27 bits per heavy atom. The Morgan fingerprint density at radius 2 is 2.09 bits per heavy atom. The minimum Gasteiger partial charge on any atom is -0.394 e. The second-order valence-corrected chi connectivity index (χ2v) is 5.68. The monoisotopic (exact) mass is 299 g/mol. The average Bonchev–Trinajstić information content (AvgIpc) is 2.92. The molecule has 3 rings (SSSR count). The average molecular weight is 299 g/mol. The molecule has 1 N–H and O–H groups in total. The zero-order valence-electron chi connectivity index (χ0n) is 12.6. The molecule has 0 bridgehead atoms. The van der Waals surface area contributed by atoms with E-state index in [0.29, 0.717) is 13.0 Å². The molecule has 1 aliphatic rings. The predicted molar refractivity (Wildman–Crippen MR) is 83.0 cm³/mol. The summed E-state index contributed by atoms with van der Waals surface area (Å²) in [7, 11) is 0. The van der Waals surface area contributed by atoms with Crippen LogP contribution in [-0.4, -0.2) is 38.3 Å². The molecule has 0 radical (unpaired) electrons. The van der Waals surface area contributed by atoms with Gasteiger partial charge in [0.05, 0.1) is 24.9 Å². The lowest BCUT2D eigenvalue weighted by atomic mass is 10.1. The van der Waals surface area contributed by atoms with Crippen molar-refractivity contribution in [2.75, 3.05) is 6.61 Å². The molecule has 2 heterocycles. The summed E-state index contributed by atoms with van der Waals surface area (Å²) >= 11 is 0. The molecule has 2 aromatic rings. The second kappa shape index (κ2) is 6.75. The lowest BCUT2D eigenvalue weighted by molar-refractivity contribution is -0.135. The van der Waals surface area contributed by atoms with Gasteiger partial charge in [-0.25, -0.2) is 0 Å². The first-order valence-electron chi connectivity index (χ1n) is 7.73. The van der Waals surface area contributed by atoms with Crippen molar-refractivity contribution in [3.05, 3.63) is 53.9 Å². The van der Waals surface area contributed by atoms with Crippen molar-refractivity contribution in [3.8, 4) is 0 Å². The zero-order chi connectivity index (χ0) is 15.4. The van der Waals surface area contributed by atoms with Gasteiger partial charge >= 0.3 is 0 Å². The van der Waals surface area contributed by atoms with Crippen LogP contribution in [0.5, 0.6) is 0 Å². The minimum absolute atomic E-state index is 0.00190. The molecule has 22 heavy (non-hydrogen) atoms. The van der Waals surface area contributed by atoms with Crippen molar-refractivity contribution in [2.45, 2.75) is 38.4 Å². The van der Waals surface area contributed by atoms with E-state index >= 15 is 0 Å². The van der Waals surface area contributed by atoms with Crippen LogP contribution >= 0.6 is 0 Å². The number of aliphatic hydroxyl groups excluding tert-OH is 1. The summed E-state index contributed by atoms with van der Waals surface area (Å²) in [6.45, 7) is 1.27. The summed E-state index contributed by atoms with van der Waals surface area (Å²) in [5, 5.41) is 13.9. The highest BCUT2D eigenvalue weighted by Crippen LogP contribution is 2.18. The van der Waals surface area contributed by atoms with Gasteiger partial charge in [-0.15, -0.1) is 0 Å². The Hall–Kier alpha value is -2.14. The van der Waals surface area contributed by atoms with Crippen LogP contribution in [0.25, 0.3) is 0 Å². The van der Waals surface area contributed by atoms with Crippen LogP contribution in [0, 0.1) is 0 Å². The van der Waals surface area contributed by atoms with E-state index in [2.05, 4.69) is 5.10 Å². The highest BCUT2D eigenvalue weighted by atomic mass is 16.3. The molecule has 1 aromatic heterocycles. The SMILES string of the molecule is O=C(CCc1ccccc1)N1Cc2ccnn2CC[C@H]1CO. The van der Waals surface area contributed by atoms with E-state index < -0.39 is 0 Å². The molecule has 1 amide bonds. The molecule has 0 aliphatic carbocycles. The van der Waals surface area contributed by atoms with Gasteiger partial charge < -0.3 is 10.0 Å². The first-order valence-corrected chi connectivity index (χ1v) is 7.73. The van der Waals surface area contributed by atoms with Crippen LogP contribution < -0.4 is 0 Å². The molecule has 5 heteroatoms. The third-order valence-corrected chi connectivity index (χ3v) is 4.25. The van der Waals surface area contributed by atoms with Crippen LogP contribution in [0.4, 0.5) is 0 Å². The van der Waals surface area contributed by atoms with Gasteiger partial charge in [0.15, 0.2) is 0 Å². The van der Waals surface area contributed by atoms with Gasteiger partial charge in [0.1, 0.15) is 0 Å². The lowest BCUT2D eigenvalue weighted by Crippen LogP contribution is -2.41.